The number of aromatic nitrogens is 2. The summed E-state index contributed by atoms with van der Waals surface area (Å²) in [6, 6.07) is 0.381. The molecule has 0 fully saturated rings. The molecule has 84 valence electrons. The van der Waals surface area contributed by atoms with Crippen LogP contribution >= 0.6 is 0 Å². The van der Waals surface area contributed by atoms with Crippen LogP contribution in [0, 0.1) is 5.92 Å². The summed E-state index contributed by atoms with van der Waals surface area (Å²) in [5.74, 6) is 1.88. The van der Waals surface area contributed by atoms with Crippen LogP contribution in [0.3, 0.4) is 0 Å². The van der Waals surface area contributed by atoms with E-state index >= 15 is 0 Å². The molecule has 2 N–H and O–H groups in total. The molecule has 0 radical (unpaired) electrons. The predicted molar refractivity (Wildman–Crippen MR) is 63.8 cm³/mol. The summed E-state index contributed by atoms with van der Waals surface area (Å²) in [6.45, 7) is 9.58. The molecule has 15 heavy (non-hydrogen) atoms. The van der Waals surface area contributed by atoms with E-state index in [1.54, 1.807) is 12.4 Å². The Morgan fingerprint density at radius 3 is 2.27 bits per heavy atom. The third-order valence-corrected chi connectivity index (χ3v) is 2.16. The van der Waals surface area contributed by atoms with Crippen molar-refractivity contribution in [3.05, 3.63) is 12.4 Å². The number of rotatable bonds is 4. The monoisotopic (exact) mass is 208 g/mol. The molecule has 0 saturated heterocycles. The number of hydrogen-bond acceptors (Lipinski definition) is 4. The fraction of sp³-hybridized carbons (Fsp3) is 0.636. The predicted octanol–water partition coefficient (Wildman–Crippen LogP) is 1.93. The minimum atomic E-state index is 0.381. The molecule has 1 aromatic rings. The number of nitrogens with zero attached hydrogens (tertiary/aromatic N) is 3. The molecule has 0 atom stereocenters. The summed E-state index contributed by atoms with van der Waals surface area (Å²) >= 11 is 0. The molecule has 4 heteroatoms. The normalized spacial score (nSPS) is 11.1. The van der Waals surface area contributed by atoms with Gasteiger partial charge in [-0.25, -0.2) is 9.97 Å². The van der Waals surface area contributed by atoms with Gasteiger partial charge in [0, 0.05) is 25.0 Å². The van der Waals surface area contributed by atoms with E-state index in [0.717, 1.165) is 12.4 Å². The summed E-state index contributed by atoms with van der Waals surface area (Å²) in [5.41, 5.74) is 5.82. The summed E-state index contributed by atoms with van der Waals surface area (Å²) < 4.78 is 0. The molecular formula is C11H20N4. The van der Waals surface area contributed by atoms with Crippen molar-refractivity contribution in [3.8, 4) is 0 Å². The van der Waals surface area contributed by atoms with E-state index in [0.29, 0.717) is 17.8 Å². The van der Waals surface area contributed by atoms with Crippen molar-refractivity contribution in [2.75, 3.05) is 17.2 Å². The molecule has 1 heterocycles. The first-order valence-electron chi connectivity index (χ1n) is 5.35. The second-order valence-corrected chi connectivity index (χ2v) is 4.41. The van der Waals surface area contributed by atoms with E-state index in [1.807, 2.05) is 0 Å². The van der Waals surface area contributed by atoms with Crippen LogP contribution in [0.4, 0.5) is 11.6 Å². The third kappa shape index (κ3) is 3.08. The van der Waals surface area contributed by atoms with Crippen molar-refractivity contribution >= 4 is 11.6 Å². The van der Waals surface area contributed by atoms with Gasteiger partial charge in [0.25, 0.3) is 0 Å². The highest BCUT2D eigenvalue weighted by atomic mass is 15.2. The van der Waals surface area contributed by atoms with Crippen molar-refractivity contribution in [2.45, 2.75) is 33.7 Å². The van der Waals surface area contributed by atoms with Crippen LogP contribution < -0.4 is 10.6 Å². The molecule has 0 bridgehead atoms. The quantitative estimate of drug-likeness (QED) is 0.821. The summed E-state index contributed by atoms with van der Waals surface area (Å²) in [5, 5.41) is 0. The molecule has 0 spiro atoms. The lowest BCUT2D eigenvalue weighted by atomic mass is 10.2. The first-order chi connectivity index (χ1) is 7.02. The average Bonchev–Trinajstić information content (AvgIpc) is 2.15. The van der Waals surface area contributed by atoms with E-state index in [1.165, 1.54) is 0 Å². The Labute approximate surface area is 91.5 Å². The van der Waals surface area contributed by atoms with E-state index in [-0.39, 0.29) is 0 Å². The molecule has 0 aromatic carbocycles. The van der Waals surface area contributed by atoms with Crippen LogP contribution in [0.15, 0.2) is 12.4 Å². The molecule has 0 aliphatic carbocycles. The first kappa shape index (κ1) is 11.8. The Morgan fingerprint density at radius 1 is 1.20 bits per heavy atom. The summed E-state index contributed by atoms with van der Waals surface area (Å²) in [4.78, 5) is 10.5. The third-order valence-electron chi connectivity index (χ3n) is 2.16. The van der Waals surface area contributed by atoms with Gasteiger partial charge in [-0.3, -0.25) is 0 Å². The van der Waals surface area contributed by atoms with E-state index in [2.05, 4.69) is 42.6 Å². The topological polar surface area (TPSA) is 55.0 Å². The number of nitrogens with two attached hydrogens (primary N) is 1. The second kappa shape index (κ2) is 4.96. The van der Waals surface area contributed by atoms with Crippen molar-refractivity contribution < 1.29 is 0 Å². The highest BCUT2D eigenvalue weighted by Crippen LogP contribution is 2.20. The zero-order valence-corrected chi connectivity index (χ0v) is 9.94. The average molecular weight is 208 g/mol. The van der Waals surface area contributed by atoms with Crippen LogP contribution in [0.25, 0.3) is 0 Å². The second-order valence-electron chi connectivity index (χ2n) is 4.41. The molecule has 1 aromatic heterocycles. The Morgan fingerprint density at radius 2 is 1.80 bits per heavy atom. The molecule has 4 nitrogen and oxygen atoms in total. The molecule has 0 unspecified atom stereocenters. The standard InChI is InChI=1S/C11H20N4/c1-8(2)7-15(9(3)4)11-10(12)13-5-6-14-11/h5-6,8-9H,7H2,1-4H3,(H2,12,13). The Kier molecular flexibility index (Phi) is 3.88. The number of anilines is 2. The van der Waals surface area contributed by atoms with Crippen LogP contribution in [0.1, 0.15) is 27.7 Å². The Balaban J connectivity index is 2.94. The van der Waals surface area contributed by atoms with Gasteiger partial charge in [-0.05, 0) is 19.8 Å². The van der Waals surface area contributed by atoms with Gasteiger partial charge in [0.2, 0.25) is 0 Å². The zero-order chi connectivity index (χ0) is 11.4. The Bertz CT molecular complexity index is 309. The van der Waals surface area contributed by atoms with Gasteiger partial charge < -0.3 is 10.6 Å². The van der Waals surface area contributed by atoms with Crippen LogP contribution in [-0.2, 0) is 0 Å². The lowest BCUT2D eigenvalue weighted by Gasteiger charge is -2.29. The lowest BCUT2D eigenvalue weighted by molar-refractivity contribution is 0.566. The van der Waals surface area contributed by atoms with Crippen LogP contribution in [-0.4, -0.2) is 22.6 Å². The fourth-order valence-corrected chi connectivity index (χ4v) is 1.50. The molecule has 0 saturated carbocycles. The molecule has 0 aliphatic rings. The van der Waals surface area contributed by atoms with Gasteiger partial charge >= 0.3 is 0 Å². The van der Waals surface area contributed by atoms with Gasteiger partial charge in [-0.1, -0.05) is 13.8 Å². The van der Waals surface area contributed by atoms with E-state index in [9.17, 15) is 0 Å². The molecule has 0 amide bonds. The minimum absolute atomic E-state index is 0.381. The summed E-state index contributed by atoms with van der Waals surface area (Å²) in [6.07, 6.45) is 3.30. The SMILES string of the molecule is CC(C)CN(c1nccnc1N)C(C)C. The fourth-order valence-electron chi connectivity index (χ4n) is 1.50. The number of hydrogen-bond donors (Lipinski definition) is 1. The van der Waals surface area contributed by atoms with Crippen molar-refractivity contribution in [2.24, 2.45) is 5.92 Å². The molecular weight excluding hydrogens is 188 g/mol. The van der Waals surface area contributed by atoms with Crippen LogP contribution in [0.5, 0.6) is 0 Å². The maximum absolute atomic E-state index is 5.82. The first-order valence-corrected chi connectivity index (χ1v) is 5.35. The highest BCUT2D eigenvalue weighted by molar-refractivity contribution is 5.57. The van der Waals surface area contributed by atoms with E-state index < -0.39 is 0 Å². The van der Waals surface area contributed by atoms with E-state index in [4.69, 9.17) is 5.73 Å². The maximum Gasteiger partial charge on any atom is 0.171 e. The van der Waals surface area contributed by atoms with Gasteiger partial charge in [-0.15, -0.1) is 0 Å². The van der Waals surface area contributed by atoms with Crippen LogP contribution in [0.2, 0.25) is 0 Å². The summed E-state index contributed by atoms with van der Waals surface area (Å²) in [7, 11) is 0. The smallest absolute Gasteiger partial charge is 0.171 e. The molecule has 0 aliphatic heterocycles. The maximum atomic E-state index is 5.82. The Hall–Kier alpha value is -1.32. The zero-order valence-electron chi connectivity index (χ0n) is 9.94. The molecule has 1 rings (SSSR count). The highest BCUT2D eigenvalue weighted by Gasteiger charge is 2.16. The minimum Gasteiger partial charge on any atom is -0.381 e. The van der Waals surface area contributed by atoms with Gasteiger partial charge in [0.1, 0.15) is 0 Å². The lowest BCUT2D eigenvalue weighted by Crippen LogP contribution is -2.35. The van der Waals surface area contributed by atoms with Gasteiger partial charge in [0.15, 0.2) is 11.6 Å². The van der Waals surface area contributed by atoms with Crippen molar-refractivity contribution in [3.63, 3.8) is 0 Å². The van der Waals surface area contributed by atoms with Gasteiger partial charge in [0.05, 0.1) is 0 Å². The van der Waals surface area contributed by atoms with Crippen molar-refractivity contribution in [1.29, 1.82) is 0 Å². The largest absolute Gasteiger partial charge is 0.381 e. The van der Waals surface area contributed by atoms with Gasteiger partial charge in [-0.2, -0.15) is 0 Å². The van der Waals surface area contributed by atoms with Crippen molar-refractivity contribution in [1.82, 2.24) is 9.97 Å². The number of nitrogen functional groups attached to an aromatic ring is 1.